The molecule has 4 rings (SSSR count). The number of urea groups is 1. The molecule has 0 aromatic heterocycles. The van der Waals surface area contributed by atoms with Gasteiger partial charge in [-0.3, -0.25) is 4.79 Å². The Labute approximate surface area is 161 Å². The van der Waals surface area contributed by atoms with Crippen molar-refractivity contribution >= 4 is 23.3 Å². The molecule has 0 radical (unpaired) electrons. The van der Waals surface area contributed by atoms with Gasteiger partial charge in [0.2, 0.25) is 5.91 Å². The van der Waals surface area contributed by atoms with Crippen LogP contribution in [0.4, 0.5) is 20.6 Å². The molecule has 2 N–H and O–H groups in total. The van der Waals surface area contributed by atoms with Crippen molar-refractivity contribution in [1.29, 1.82) is 0 Å². The van der Waals surface area contributed by atoms with E-state index in [0.29, 0.717) is 48.2 Å². The van der Waals surface area contributed by atoms with Crippen LogP contribution in [0.15, 0.2) is 36.4 Å². The molecule has 2 heterocycles. The summed E-state index contributed by atoms with van der Waals surface area (Å²) in [4.78, 5) is 26.2. The van der Waals surface area contributed by atoms with E-state index >= 15 is 0 Å². The summed E-state index contributed by atoms with van der Waals surface area (Å²) in [7, 11) is 0. The van der Waals surface area contributed by atoms with Crippen LogP contribution in [0.1, 0.15) is 12.0 Å². The van der Waals surface area contributed by atoms with Gasteiger partial charge >= 0.3 is 6.03 Å². The number of carbonyl (C=O) groups excluding carboxylic acids is 2. The van der Waals surface area contributed by atoms with Gasteiger partial charge in [0.1, 0.15) is 19.0 Å². The molecule has 0 saturated carbocycles. The van der Waals surface area contributed by atoms with Gasteiger partial charge in [0.25, 0.3) is 0 Å². The number of hydrogen-bond donors (Lipinski definition) is 2. The van der Waals surface area contributed by atoms with E-state index in [1.807, 2.05) is 0 Å². The fourth-order valence-electron chi connectivity index (χ4n) is 3.28. The van der Waals surface area contributed by atoms with E-state index in [2.05, 4.69) is 10.6 Å². The third-order valence-corrected chi connectivity index (χ3v) is 4.73. The van der Waals surface area contributed by atoms with Crippen molar-refractivity contribution in [1.82, 2.24) is 5.32 Å². The molecule has 2 aromatic rings. The van der Waals surface area contributed by atoms with Crippen LogP contribution in [0, 0.1) is 12.7 Å². The number of nitrogens with zero attached hydrogens (tertiary/aromatic N) is 1. The lowest BCUT2D eigenvalue weighted by Gasteiger charge is -2.22. The summed E-state index contributed by atoms with van der Waals surface area (Å²) in [5, 5.41) is 5.35. The Balaban J connectivity index is 1.39. The van der Waals surface area contributed by atoms with Gasteiger partial charge in [-0.25, -0.2) is 9.18 Å². The van der Waals surface area contributed by atoms with E-state index in [1.54, 1.807) is 42.2 Å². The van der Waals surface area contributed by atoms with E-state index in [0.717, 1.165) is 0 Å². The SMILES string of the molecule is Cc1ccc(NC(=O)N[C@@H]2CC(=O)N(c3ccc4c(c3)OCCO4)C2)cc1F. The first kappa shape index (κ1) is 18.1. The lowest BCUT2D eigenvalue weighted by atomic mass is 10.2. The number of nitrogens with one attached hydrogen (secondary N) is 2. The zero-order chi connectivity index (χ0) is 19.7. The smallest absolute Gasteiger partial charge is 0.319 e. The normalized spacial score (nSPS) is 18.1. The molecule has 0 bridgehead atoms. The predicted molar refractivity (Wildman–Crippen MR) is 101 cm³/mol. The van der Waals surface area contributed by atoms with Crippen molar-refractivity contribution in [2.45, 2.75) is 19.4 Å². The second-order valence-corrected chi connectivity index (χ2v) is 6.80. The molecular formula is C20H20FN3O4. The summed E-state index contributed by atoms with van der Waals surface area (Å²) < 4.78 is 24.7. The van der Waals surface area contributed by atoms with Gasteiger partial charge in [-0.15, -0.1) is 0 Å². The van der Waals surface area contributed by atoms with E-state index in [4.69, 9.17) is 9.47 Å². The molecule has 3 amide bonds. The Morgan fingerprint density at radius 3 is 2.71 bits per heavy atom. The maximum absolute atomic E-state index is 13.6. The number of anilines is 2. The van der Waals surface area contributed by atoms with E-state index in [9.17, 15) is 14.0 Å². The lowest BCUT2D eigenvalue weighted by Crippen LogP contribution is -2.39. The quantitative estimate of drug-likeness (QED) is 0.852. The summed E-state index contributed by atoms with van der Waals surface area (Å²) >= 11 is 0. The topological polar surface area (TPSA) is 79.9 Å². The Hall–Kier alpha value is -3.29. The van der Waals surface area contributed by atoms with E-state index in [-0.39, 0.29) is 18.4 Å². The first-order valence-corrected chi connectivity index (χ1v) is 9.03. The zero-order valence-electron chi connectivity index (χ0n) is 15.3. The summed E-state index contributed by atoms with van der Waals surface area (Å²) in [5.41, 5.74) is 1.55. The number of amides is 3. The molecule has 2 aliphatic rings. The van der Waals surface area contributed by atoms with Crippen molar-refractivity contribution in [3.05, 3.63) is 47.8 Å². The molecule has 146 valence electrons. The van der Waals surface area contributed by atoms with Crippen molar-refractivity contribution < 1.29 is 23.5 Å². The predicted octanol–water partition coefficient (Wildman–Crippen LogP) is 2.83. The average Bonchev–Trinajstić information content (AvgIpc) is 3.04. The molecule has 0 aliphatic carbocycles. The molecular weight excluding hydrogens is 365 g/mol. The first-order chi connectivity index (χ1) is 13.5. The molecule has 8 heteroatoms. The fourth-order valence-corrected chi connectivity index (χ4v) is 3.28. The molecule has 1 saturated heterocycles. The summed E-state index contributed by atoms with van der Waals surface area (Å²) in [6.45, 7) is 2.96. The molecule has 2 aliphatic heterocycles. The molecule has 2 aromatic carbocycles. The number of rotatable bonds is 3. The molecule has 0 spiro atoms. The largest absolute Gasteiger partial charge is 0.486 e. The molecule has 1 atom stereocenters. The van der Waals surface area contributed by atoms with Gasteiger partial charge in [-0.1, -0.05) is 6.07 Å². The number of ether oxygens (including phenoxy) is 2. The molecule has 0 unspecified atom stereocenters. The van der Waals surface area contributed by atoms with Crippen LogP contribution in [0.3, 0.4) is 0 Å². The fraction of sp³-hybridized carbons (Fsp3) is 0.300. The van der Waals surface area contributed by atoms with Crippen LogP contribution >= 0.6 is 0 Å². The number of benzene rings is 2. The third kappa shape index (κ3) is 3.71. The Morgan fingerprint density at radius 2 is 1.93 bits per heavy atom. The zero-order valence-corrected chi connectivity index (χ0v) is 15.3. The number of aryl methyl sites for hydroxylation is 1. The minimum absolute atomic E-state index is 0.0941. The minimum atomic E-state index is -0.481. The number of fused-ring (bicyclic) bond motifs is 1. The second kappa shape index (κ2) is 7.38. The summed E-state index contributed by atoms with van der Waals surface area (Å²) in [6.07, 6.45) is 0.185. The van der Waals surface area contributed by atoms with Gasteiger partial charge in [0, 0.05) is 30.4 Å². The van der Waals surface area contributed by atoms with E-state index in [1.165, 1.54) is 6.07 Å². The van der Waals surface area contributed by atoms with E-state index < -0.39 is 11.8 Å². The van der Waals surface area contributed by atoms with Crippen molar-refractivity contribution in [2.75, 3.05) is 30.0 Å². The molecule has 7 nitrogen and oxygen atoms in total. The van der Waals surface area contributed by atoms with Crippen molar-refractivity contribution in [2.24, 2.45) is 0 Å². The van der Waals surface area contributed by atoms with Gasteiger partial charge < -0.3 is 25.0 Å². The summed E-state index contributed by atoms with van der Waals surface area (Å²) in [5.74, 6) is 0.773. The van der Waals surface area contributed by atoms with Gasteiger partial charge in [0.15, 0.2) is 11.5 Å². The maximum Gasteiger partial charge on any atom is 0.319 e. The van der Waals surface area contributed by atoms with Gasteiger partial charge in [-0.05, 0) is 36.8 Å². The monoisotopic (exact) mass is 385 g/mol. The van der Waals surface area contributed by atoms with Crippen LogP contribution < -0.4 is 25.0 Å². The highest BCUT2D eigenvalue weighted by atomic mass is 19.1. The highest BCUT2D eigenvalue weighted by Crippen LogP contribution is 2.35. The first-order valence-electron chi connectivity index (χ1n) is 9.03. The molecule has 28 heavy (non-hydrogen) atoms. The van der Waals surface area contributed by atoms with Crippen molar-refractivity contribution in [3.63, 3.8) is 0 Å². The number of halogens is 1. The number of carbonyl (C=O) groups is 2. The second-order valence-electron chi connectivity index (χ2n) is 6.80. The standard InChI is InChI=1S/C20H20FN3O4/c1-12-2-3-13(8-16(12)21)22-20(26)23-14-9-19(25)24(11-14)15-4-5-17-18(10-15)28-7-6-27-17/h2-5,8,10,14H,6-7,9,11H2,1H3,(H2,22,23,26)/t14-/m1/s1. The van der Waals surface area contributed by atoms with Crippen LogP contribution in [0.5, 0.6) is 11.5 Å². The third-order valence-electron chi connectivity index (χ3n) is 4.73. The highest BCUT2D eigenvalue weighted by Gasteiger charge is 2.32. The van der Waals surface area contributed by atoms with Crippen LogP contribution in [0.2, 0.25) is 0 Å². The Morgan fingerprint density at radius 1 is 1.14 bits per heavy atom. The summed E-state index contributed by atoms with van der Waals surface area (Å²) in [6, 6.07) is 8.98. The average molecular weight is 385 g/mol. The van der Waals surface area contributed by atoms with Crippen LogP contribution in [-0.4, -0.2) is 37.7 Å². The van der Waals surface area contributed by atoms with Crippen LogP contribution in [-0.2, 0) is 4.79 Å². The highest BCUT2D eigenvalue weighted by molar-refractivity contribution is 5.98. The van der Waals surface area contributed by atoms with Crippen molar-refractivity contribution in [3.8, 4) is 11.5 Å². The number of hydrogen-bond acceptors (Lipinski definition) is 4. The minimum Gasteiger partial charge on any atom is -0.486 e. The maximum atomic E-state index is 13.6. The Bertz CT molecular complexity index is 934. The van der Waals surface area contributed by atoms with Crippen LogP contribution in [0.25, 0.3) is 0 Å². The molecule has 1 fully saturated rings. The Kier molecular flexibility index (Phi) is 4.77. The lowest BCUT2D eigenvalue weighted by molar-refractivity contribution is -0.117. The van der Waals surface area contributed by atoms with Gasteiger partial charge in [0.05, 0.1) is 6.04 Å². The van der Waals surface area contributed by atoms with Gasteiger partial charge in [-0.2, -0.15) is 0 Å².